The SMILES string of the molecule is Cc1c(NC(=O)CCN2CCN(C(=O)c3cc4ccccc4[nH]3)CC2)cccc1[N+](=O)[O-]. The van der Waals surface area contributed by atoms with Gasteiger partial charge in [0.2, 0.25) is 5.91 Å². The average molecular weight is 435 g/mol. The second-order valence-corrected chi connectivity index (χ2v) is 7.91. The van der Waals surface area contributed by atoms with E-state index in [1.165, 1.54) is 6.07 Å². The normalized spacial score (nSPS) is 14.5. The maximum atomic E-state index is 12.8. The zero-order chi connectivity index (χ0) is 22.7. The minimum Gasteiger partial charge on any atom is -0.351 e. The molecule has 3 aromatic rings. The largest absolute Gasteiger partial charge is 0.351 e. The third-order valence-corrected chi connectivity index (χ3v) is 5.85. The summed E-state index contributed by atoms with van der Waals surface area (Å²) in [5.74, 6) is -0.204. The molecule has 1 aliphatic heterocycles. The van der Waals surface area contributed by atoms with E-state index in [0.29, 0.717) is 49.7 Å². The highest BCUT2D eigenvalue weighted by Gasteiger charge is 2.23. The molecule has 2 aromatic carbocycles. The second-order valence-electron chi connectivity index (χ2n) is 7.91. The van der Waals surface area contributed by atoms with Crippen LogP contribution in [0.15, 0.2) is 48.5 Å². The number of aromatic nitrogens is 1. The van der Waals surface area contributed by atoms with Gasteiger partial charge in [0, 0.05) is 56.1 Å². The van der Waals surface area contributed by atoms with Gasteiger partial charge in [-0.05, 0) is 25.1 Å². The van der Waals surface area contributed by atoms with Crippen LogP contribution in [0, 0.1) is 17.0 Å². The third-order valence-electron chi connectivity index (χ3n) is 5.85. The van der Waals surface area contributed by atoms with Crippen molar-refractivity contribution in [2.24, 2.45) is 0 Å². The van der Waals surface area contributed by atoms with E-state index in [0.717, 1.165) is 10.9 Å². The highest BCUT2D eigenvalue weighted by atomic mass is 16.6. The van der Waals surface area contributed by atoms with E-state index in [4.69, 9.17) is 0 Å². The summed E-state index contributed by atoms with van der Waals surface area (Å²) in [4.78, 5) is 42.9. The number of fused-ring (bicyclic) bond motifs is 1. The van der Waals surface area contributed by atoms with Crippen LogP contribution < -0.4 is 5.32 Å². The molecular weight excluding hydrogens is 410 g/mol. The monoisotopic (exact) mass is 435 g/mol. The first kappa shape index (κ1) is 21.5. The number of nitro groups is 1. The van der Waals surface area contributed by atoms with Gasteiger partial charge in [0.05, 0.1) is 16.2 Å². The molecule has 0 atom stereocenters. The van der Waals surface area contributed by atoms with Gasteiger partial charge >= 0.3 is 0 Å². The van der Waals surface area contributed by atoms with Crippen LogP contribution in [-0.2, 0) is 4.79 Å². The van der Waals surface area contributed by atoms with Crippen LogP contribution in [0.1, 0.15) is 22.5 Å². The van der Waals surface area contributed by atoms with Crippen LogP contribution in [0.25, 0.3) is 10.9 Å². The van der Waals surface area contributed by atoms with Crippen molar-refractivity contribution in [2.75, 3.05) is 38.0 Å². The zero-order valence-electron chi connectivity index (χ0n) is 17.8. The Morgan fingerprint density at radius 2 is 1.84 bits per heavy atom. The Morgan fingerprint density at radius 1 is 1.09 bits per heavy atom. The number of carbonyl (C=O) groups excluding carboxylic acids is 2. The Kier molecular flexibility index (Phi) is 6.18. The van der Waals surface area contributed by atoms with Gasteiger partial charge in [-0.3, -0.25) is 24.6 Å². The standard InChI is InChI=1S/C23H25N5O4/c1-16-18(7-4-8-21(16)28(31)32)25-22(29)9-10-26-11-13-27(14-12-26)23(30)20-15-17-5-2-3-6-19(17)24-20/h2-8,15,24H,9-14H2,1H3,(H,25,29). The smallest absolute Gasteiger partial charge is 0.274 e. The van der Waals surface area contributed by atoms with Gasteiger partial charge in [0.15, 0.2) is 0 Å². The number of nitrogens with one attached hydrogen (secondary N) is 2. The van der Waals surface area contributed by atoms with Gasteiger partial charge in [0.1, 0.15) is 5.69 Å². The molecule has 0 aliphatic carbocycles. The summed E-state index contributed by atoms with van der Waals surface area (Å²) in [5.41, 5.74) is 2.41. The van der Waals surface area contributed by atoms with E-state index in [9.17, 15) is 19.7 Å². The van der Waals surface area contributed by atoms with Gasteiger partial charge in [-0.2, -0.15) is 0 Å². The number of piperazine rings is 1. The second kappa shape index (κ2) is 9.19. The molecule has 0 radical (unpaired) electrons. The van der Waals surface area contributed by atoms with E-state index >= 15 is 0 Å². The molecule has 0 unspecified atom stereocenters. The van der Waals surface area contributed by atoms with Gasteiger partial charge in [0.25, 0.3) is 11.6 Å². The Bertz CT molecular complexity index is 1130. The highest BCUT2D eigenvalue weighted by molar-refractivity contribution is 5.98. The number of benzene rings is 2. The van der Waals surface area contributed by atoms with Crippen molar-refractivity contribution < 1.29 is 14.5 Å². The summed E-state index contributed by atoms with van der Waals surface area (Å²) in [6, 6.07) is 14.3. The average Bonchev–Trinajstić information content (AvgIpc) is 3.23. The topological polar surface area (TPSA) is 112 Å². The van der Waals surface area contributed by atoms with Crippen LogP contribution in [0.4, 0.5) is 11.4 Å². The quantitative estimate of drug-likeness (QED) is 0.456. The minimum absolute atomic E-state index is 0.0141. The third kappa shape index (κ3) is 4.62. The lowest BCUT2D eigenvalue weighted by Crippen LogP contribution is -2.49. The number of anilines is 1. The number of nitrogens with zero attached hydrogens (tertiary/aromatic N) is 3. The molecule has 0 bridgehead atoms. The number of hydrogen-bond donors (Lipinski definition) is 2. The van der Waals surface area contributed by atoms with E-state index in [1.54, 1.807) is 19.1 Å². The Morgan fingerprint density at radius 3 is 2.56 bits per heavy atom. The summed E-state index contributed by atoms with van der Waals surface area (Å²) in [6.45, 7) is 4.76. The van der Waals surface area contributed by atoms with Gasteiger partial charge in [-0.25, -0.2) is 0 Å². The van der Waals surface area contributed by atoms with Gasteiger partial charge in [-0.1, -0.05) is 24.3 Å². The molecule has 2 amide bonds. The number of hydrogen-bond acceptors (Lipinski definition) is 5. The van der Waals surface area contributed by atoms with Crippen molar-refractivity contribution in [3.8, 4) is 0 Å². The number of para-hydroxylation sites is 1. The lowest BCUT2D eigenvalue weighted by molar-refractivity contribution is -0.385. The number of carbonyl (C=O) groups is 2. The molecule has 1 aromatic heterocycles. The molecular formula is C23H25N5O4. The van der Waals surface area contributed by atoms with Gasteiger partial charge < -0.3 is 15.2 Å². The fourth-order valence-corrected chi connectivity index (χ4v) is 3.96. The molecule has 1 aliphatic rings. The molecule has 0 saturated carbocycles. The lowest BCUT2D eigenvalue weighted by Gasteiger charge is -2.34. The Labute approximate surface area is 185 Å². The molecule has 1 saturated heterocycles. The first-order valence-corrected chi connectivity index (χ1v) is 10.6. The molecule has 1 fully saturated rings. The van der Waals surface area contributed by atoms with Crippen LogP contribution in [0.3, 0.4) is 0 Å². The first-order valence-electron chi connectivity index (χ1n) is 10.6. The summed E-state index contributed by atoms with van der Waals surface area (Å²) in [5, 5.41) is 14.8. The molecule has 166 valence electrons. The van der Waals surface area contributed by atoms with Crippen molar-refractivity contribution >= 4 is 34.1 Å². The van der Waals surface area contributed by atoms with E-state index in [2.05, 4.69) is 15.2 Å². The summed E-state index contributed by atoms with van der Waals surface area (Å²) >= 11 is 0. The highest BCUT2D eigenvalue weighted by Crippen LogP contribution is 2.25. The van der Waals surface area contributed by atoms with Crippen molar-refractivity contribution in [3.05, 3.63) is 69.9 Å². The molecule has 32 heavy (non-hydrogen) atoms. The molecule has 9 nitrogen and oxygen atoms in total. The minimum atomic E-state index is -0.457. The summed E-state index contributed by atoms with van der Waals surface area (Å²) in [6.07, 6.45) is 0.276. The van der Waals surface area contributed by atoms with Crippen molar-refractivity contribution in [1.29, 1.82) is 0 Å². The van der Waals surface area contributed by atoms with Crippen LogP contribution >= 0.6 is 0 Å². The fraction of sp³-hybridized carbons (Fsp3) is 0.304. The molecule has 2 heterocycles. The number of amides is 2. The molecule has 9 heteroatoms. The van der Waals surface area contributed by atoms with E-state index in [1.807, 2.05) is 35.2 Å². The molecule has 0 spiro atoms. The maximum Gasteiger partial charge on any atom is 0.274 e. The number of aromatic amines is 1. The van der Waals surface area contributed by atoms with Crippen LogP contribution in [0.5, 0.6) is 0 Å². The Hall–Kier alpha value is -3.72. The van der Waals surface area contributed by atoms with Crippen molar-refractivity contribution in [3.63, 3.8) is 0 Å². The van der Waals surface area contributed by atoms with E-state index in [-0.39, 0.29) is 23.9 Å². The number of H-pyrrole nitrogens is 1. The number of nitro benzene ring substituents is 1. The fourth-order valence-electron chi connectivity index (χ4n) is 3.96. The van der Waals surface area contributed by atoms with Crippen LogP contribution in [0.2, 0.25) is 0 Å². The van der Waals surface area contributed by atoms with Gasteiger partial charge in [-0.15, -0.1) is 0 Å². The first-order chi connectivity index (χ1) is 15.4. The van der Waals surface area contributed by atoms with Crippen molar-refractivity contribution in [2.45, 2.75) is 13.3 Å². The van der Waals surface area contributed by atoms with E-state index < -0.39 is 4.92 Å². The summed E-state index contributed by atoms with van der Waals surface area (Å²) in [7, 11) is 0. The van der Waals surface area contributed by atoms with Crippen molar-refractivity contribution in [1.82, 2.24) is 14.8 Å². The maximum absolute atomic E-state index is 12.8. The zero-order valence-corrected chi connectivity index (χ0v) is 17.8. The number of rotatable bonds is 6. The van der Waals surface area contributed by atoms with Crippen LogP contribution in [-0.4, -0.2) is 64.2 Å². The molecule has 4 rings (SSSR count). The summed E-state index contributed by atoms with van der Waals surface area (Å²) < 4.78 is 0. The molecule has 2 N–H and O–H groups in total. The predicted molar refractivity (Wildman–Crippen MR) is 122 cm³/mol. The predicted octanol–water partition coefficient (Wildman–Crippen LogP) is 3.17. The Balaban J connectivity index is 1.26. The lowest BCUT2D eigenvalue weighted by atomic mass is 10.1.